The number of hydrogen-bond acceptors (Lipinski definition) is 6. The second-order valence-electron chi connectivity index (χ2n) is 5.45. The molecule has 0 aliphatic rings. The van der Waals surface area contributed by atoms with Crippen molar-refractivity contribution >= 4 is 11.6 Å². The summed E-state index contributed by atoms with van der Waals surface area (Å²) in [5, 5.41) is 18.4. The van der Waals surface area contributed by atoms with Gasteiger partial charge in [0, 0.05) is 18.7 Å². The van der Waals surface area contributed by atoms with Gasteiger partial charge in [-0.3, -0.25) is 9.48 Å². The molecule has 0 saturated heterocycles. The Balaban J connectivity index is 1.62. The van der Waals surface area contributed by atoms with Crippen LogP contribution in [0, 0.1) is 13.8 Å². The summed E-state index contributed by atoms with van der Waals surface area (Å²) in [6.45, 7) is 4.46. The van der Waals surface area contributed by atoms with E-state index in [1.165, 1.54) is 6.33 Å². The van der Waals surface area contributed by atoms with Gasteiger partial charge in [-0.05, 0) is 48.4 Å². The van der Waals surface area contributed by atoms with Crippen molar-refractivity contribution in [3.05, 3.63) is 42.2 Å². The Morgan fingerprint density at radius 2 is 2.17 bits per heavy atom. The zero-order chi connectivity index (χ0) is 16.9. The first-order valence-corrected chi connectivity index (χ1v) is 7.62. The quantitative estimate of drug-likeness (QED) is 0.732. The first-order valence-electron chi connectivity index (χ1n) is 7.62. The molecule has 0 aliphatic heterocycles. The fraction of sp³-hybridized carbons (Fsp3) is 0.333. The third-order valence-corrected chi connectivity index (χ3v) is 3.60. The molecule has 0 unspecified atom stereocenters. The van der Waals surface area contributed by atoms with E-state index in [2.05, 4.69) is 30.9 Å². The Hall–Kier alpha value is -3.10. The van der Waals surface area contributed by atoms with Crippen LogP contribution in [-0.2, 0) is 11.3 Å². The summed E-state index contributed by atoms with van der Waals surface area (Å²) in [6.07, 6.45) is 4.22. The zero-order valence-corrected chi connectivity index (χ0v) is 13.5. The molecule has 2 aromatic heterocycles. The van der Waals surface area contributed by atoms with Gasteiger partial charge in [-0.25, -0.2) is 4.98 Å². The number of carbonyl (C=O) groups is 1. The number of amides is 1. The second-order valence-corrected chi connectivity index (χ2v) is 5.45. The number of hydrogen-bond donors (Lipinski definition) is 1. The van der Waals surface area contributed by atoms with Gasteiger partial charge in [0.2, 0.25) is 5.91 Å². The van der Waals surface area contributed by atoms with E-state index in [-0.39, 0.29) is 5.91 Å². The van der Waals surface area contributed by atoms with E-state index in [0.717, 1.165) is 16.9 Å². The van der Waals surface area contributed by atoms with Gasteiger partial charge >= 0.3 is 0 Å². The average Bonchev–Trinajstić information content (AvgIpc) is 3.21. The highest BCUT2D eigenvalue weighted by Gasteiger charge is 2.09. The highest BCUT2D eigenvalue weighted by Crippen LogP contribution is 2.19. The van der Waals surface area contributed by atoms with Crippen LogP contribution in [0.4, 0.5) is 5.69 Å². The van der Waals surface area contributed by atoms with Crippen LogP contribution in [0.15, 0.2) is 30.9 Å². The van der Waals surface area contributed by atoms with Crippen molar-refractivity contribution in [1.29, 1.82) is 0 Å². The van der Waals surface area contributed by atoms with Gasteiger partial charge in [0.15, 0.2) is 5.82 Å². The Morgan fingerprint density at radius 3 is 2.88 bits per heavy atom. The van der Waals surface area contributed by atoms with E-state index in [9.17, 15) is 4.79 Å². The first kappa shape index (κ1) is 15.8. The SMILES string of the molecule is Cc1ccc(NC(=O)CCCn2cncn2)cc1-n1nnnc1C. The van der Waals surface area contributed by atoms with Crippen LogP contribution in [0.5, 0.6) is 0 Å². The number of aromatic nitrogens is 7. The summed E-state index contributed by atoms with van der Waals surface area (Å²) in [4.78, 5) is 16.0. The van der Waals surface area contributed by atoms with Crippen molar-refractivity contribution in [3.8, 4) is 5.69 Å². The largest absolute Gasteiger partial charge is 0.326 e. The number of carbonyl (C=O) groups excluding carboxylic acids is 1. The van der Waals surface area contributed by atoms with Crippen molar-refractivity contribution < 1.29 is 4.79 Å². The lowest BCUT2D eigenvalue weighted by Crippen LogP contribution is -2.13. The number of nitrogens with one attached hydrogen (secondary N) is 1. The molecule has 0 radical (unpaired) electrons. The molecule has 3 aromatic rings. The molecule has 9 heteroatoms. The molecule has 24 heavy (non-hydrogen) atoms. The van der Waals surface area contributed by atoms with Gasteiger partial charge in [-0.1, -0.05) is 6.07 Å². The molecular weight excluding hydrogens is 308 g/mol. The average molecular weight is 326 g/mol. The van der Waals surface area contributed by atoms with Crippen LogP contribution in [0.3, 0.4) is 0 Å². The molecule has 0 atom stereocenters. The number of anilines is 1. The van der Waals surface area contributed by atoms with Crippen LogP contribution in [0.25, 0.3) is 5.69 Å². The maximum absolute atomic E-state index is 12.1. The molecule has 1 aromatic carbocycles. The van der Waals surface area contributed by atoms with Gasteiger partial charge in [-0.2, -0.15) is 9.78 Å². The number of tetrazole rings is 1. The van der Waals surface area contributed by atoms with Gasteiger partial charge < -0.3 is 5.32 Å². The van der Waals surface area contributed by atoms with Gasteiger partial charge in [-0.15, -0.1) is 5.10 Å². The van der Waals surface area contributed by atoms with E-state index < -0.39 is 0 Å². The van der Waals surface area contributed by atoms with Crippen LogP contribution in [0.2, 0.25) is 0 Å². The smallest absolute Gasteiger partial charge is 0.224 e. The van der Waals surface area contributed by atoms with E-state index in [1.54, 1.807) is 15.7 Å². The topological polar surface area (TPSA) is 103 Å². The lowest BCUT2D eigenvalue weighted by atomic mass is 10.1. The molecule has 1 amide bonds. The lowest BCUT2D eigenvalue weighted by molar-refractivity contribution is -0.116. The van der Waals surface area contributed by atoms with E-state index in [0.29, 0.717) is 25.2 Å². The fourth-order valence-corrected chi connectivity index (χ4v) is 2.34. The molecule has 1 N–H and O–H groups in total. The Bertz CT molecular complexity index is 824. The molecule has 0 spiro atoms. The van der Waals surface area contributed by atoms with Crippen LogP contribution in [-0.4, -0.2) is 40.9 Å². The number of benzene rings is 1. The lowest BCUT2D eigenvalue weighted by Gasteiger charge is -2.10. The van der Waals surface area contributed by atoms with Crippen molar-refractivity contribution in [1.82, 2.24) is 35.0 Å². The standard InChI is InChI=1S/C15H18N8O/c1-11-5-6-13(8-14(11)23-12(2)19-20-21-23)18-15(24)4-3-7-22-10-16-9-17-22/h5-6,8-10H,3-4,7H2,1-2H3,(H,18,24). The Morgan fingerprint density at radius 1 is 1.29 bits per heavy atom. The molecule has 0 fully saturated rings. The van der Waals surface area contributed by atoms with Crippen LogP contribution in [0.1, 0.15) is 24.2 Å². The van der Waals surface area contributed by atoms with E-state index in [4.69, 9.17) is 0 Å². The summed E-state index contributed by atoms with van der Waals surface area (Å²) in [5.74, 6) is 0.646. The highest BCUT2D eigenvalue weighted by atomic mass is 16.1. The van der Waals surface area contributed by atoms with Crippen molar-refractivity contribution in [3.63, 3.8) is 0 Å². The molecular formula is C15H18N8O. The summed E-state index contributed by atoms with van der Waals surface area (Å²) in [7, 11) is 0. The van der Waals surface area contributed by atoms with Crippen molar-refractivity contribution in [2.75, 3.05) is 5.32 Å². The molecule has 3 rings (SSSR count). The maximum atomic E-state index is 12.1. The van der Waals surface area contributed by atoms with Crippen molar-refractivity contribution in [2.45, 2.75) is 33.2 Å². The minimum absolute atomic E-state index is 0.0432. The predicted octanol–water partition coefficient (Wildman–Crippen LogP) is 1.29. The molecule has 0 saturated carbocycles. The monoisotopic (exact) mass is 326 g/mol. The summed E-state index contributed by atoms with van der Waals surface area (Å²) < 4.78 is 3.35. The van der Waals surface area contributed by atoms with Gasteiger partial charge in [0.1, 0.15) is 12.7 Å². The Kier molecular flexibility index (Phi) is 4.59. The van der Waals surface area contributed by atoms with Crippen molar-refractivity contribution in [2.24, 2.45) is 0 Å². The highest BCUT2D eigenvalue weighted by molar-refractivity contribution is 5.91. The number of nitrogens with zero attached hydrogens (tertiary/aromatic N) is 7. The molecule has 0 bridgehead atoms. The predicted molar refractivity (Wildman–Crippen MR) is 86.5 cm³/mol. The summed E-state index contributed by atoms with van der Waals surface area (Å²) in [6, 6.07) is 5.67. The van der Waals surface area contributed by atoms with Crippen LogP contribution < -0.4 is 5.32 Å². The maximum Gasteiger partial charge on any atom is 0.224 e. The fourth-order valence-electron chi connectivity index (χ4n) is 2.34. The normalized spacial score (nSPS) is 10.8. The second kappa shape index (κ2) is 6.99. The Labute approximate surface area is 138 Å². The van der Waals surface area contributed by atoms with E-state index >= 15 is 0 Å². The summed E-state index contributed by atoms with van der Waals surface area (Å²) in [5.41, 5.74) is 2.59. The van der Waals surface area contributed by atoms with Gasteiger partial charge in [0.25, 0.3) is 0 Å². The number of aryl methyl sites for hydroxylation is 3. The zero-order valence-electron chi connectivity index (χ0n) is 13.5. The minimum atomic E-state index is -0.0432. The van der Waals surface area contributed by atoms with E-state index in [1.807, 2.05) is 32.0 Å². The van der Waals surface area contributed by atoms with Gasteiger partial charge in [0.05, 0.1) is 5.69 Å². The minimum Gasteiger partial charge on any atom is -0.326 e. The molecule has 124 valence electrons. The number of rotatable bonds is 6. The summed E-state index contributed by atoms with van der Waals surface area (Å²) >= 11 is 0. The molecule has 9 nitrogen and oxygen atoms in total. The van der Waals surface area contributed by atoms with Crippen LogP contribution >= 0.6 is 0 Å². The third kappa shape index (κ3) is 3.62. The third-order valence-electron chi connectivity index (χ3n) is 3.60. The molecule has 0 aliphatic carbocycles. The first-order chi connectivity index (χ1) is 11.6. The molecule has 2 heterocycles.